The highest BCUT2D eigenvalue weighted by atomic mass is 19.1. The highest BCUT2D eigenvalue weighted by Gasteiger charge is 2.12. The number of hydrogen-bond donors (Lipinski definition) is 0. The van der Waals surface area contributed by atoms with Crippen LogP contribution in [0, 0.1) is 11.6 Å². The number of hydrogen-bond acceptors (Lipinski definition) is 5. The summed E-state index contributed by atoms with van der Waals surface area (Å²) in [5, 5.41) is 16.5. The van der Waals surface area contributed by atoms with E-state index in [0.29, 0.717) is 28.0 Å². The zero-order valence-corrected chi connectivity index (χ0v) is 16.1. The Morgan fingerprint density at radius 3 is 2.58 bits per heavy atom. The van der Waals surface area contributed by atoms with Crippen molar-refractivity contribution in [1.82, 2.24) is 34.4 Å². The van der Waals surface area contributed by atoms with Crippen LogP contribution in [0.3, 0.4) is 0 Å². The van der Waals surface area contributed by atoms with Gasteiger partial charge in [0.2, 0.25) is 0 Å². The average molecular weight is 419 g/mol. The lowest BCUT2D eigenvalue weighted by atomic mass is 10.1. The second-order valence-electron chi connectivity index (χ2n) is 6.96. The molecule has 3 aromatic heterocycles. The monoisotopic (exact) mass is 419 g/mol. The van der Waals surface area contributed by atoms with E-state index in [1.165, 1.54) is 38.4 Å². The molecule has 0 amide bonds. The third kappa shape index (κ3) is 3.70. The van der Waals surface area contributed by atoms with Crippen molar-refractivity contribution in [3.05, 3.63) is 100 Å². The van der Waals surface area contributed by atoms with E-state index in [1.807, 2.05) is 0 Å². The molecular weight excluding hydrogens is 404 g/mol. The Morgan fingerprint density at radius 2 is 1.77 bits per heavy atom. The van der Waals surface area contributed by atoms with Gasteiger partial charge in [-0.05, 0) is 36.4 Å². The van der Waals surface area contributed by atoms with Crippen LogP contribution in [0.1, 0.15) is 11.3 Å². The lowest BCUT2D eigenvalue weighted by Gasteiger charge is -2.02. The second kappa shape index (κ2) is 7.56. The first-order valence-corrected chi connectivity index (χ1v) is 9.41. The maximum atomic E-state index is 13.8. The molecule has 0 spiro atoms. The predicted molar refractivity (Wildman–Crippen MR) is 107 cm³/mol. The number of benzene rings is 2. The van der Waals surface area contributed by atoms with Crippen molar-refractivity contribution >= 4 is 5.52 Å². The molecule has 0 aliphatic carbocycles. The first-order chi connectivity index (χ1) is 15.1. The summed E-state index contributed by atoms with van der Waals surface area (Å²) >= 11 is 0. The van der Waals surface area contributed by atoms with Crippen LogP contribution in [0.5, 0.6) is 0 Å². The molecule has 0 saturated carbocycles. The molecule has 0 aliphatic rings. The zero-order chi connectivity index (χ0) is 21.4. The van der Waals surface area contributed by atoms with Crippen molar-refractivity contribution in [2.75, 3.05) is 0 Å². The summed E-state index contributed by atoms with van der Waals surface area (Å²) in [6.07, 6.45) is 3.07. The minimum Gasteiger partial charge on any atom is -0.265 e. The van der Waals surface area contributed by atoms with E-state index < -0.39 is 0 Å². The van der Waals surface area contributed by atoms with Crippen molar-refractivity contribution in [1.29, 1.82) is 0 Å². The highest BCUT2D eigenvalue weighted by Crippen LogP contribution is 2.18. The molecule has 8 nitrogen and oxygen atoms in total. The van der Waals surface area contributed by atoms with Crippen LogP contribution < -0.4 is 5.56 Å². The molecule has 154 valence electrons. The fourth-order valence-corrected chi connectivity index (χ4v) is 3.26. The molecule has 0 aliphatic heterocycles. The van der Waals surface area contributed by atoms with Crippen molar-refractivity contribution in [3.8, 4) is 11.3 Å². The Labute approximate surface area is 174 Å². The van der Waals surface area contributed by atoms with E-state index in [1.54, 1.807) is 42.6 Å². The van der Waals surface area contributed by atoms with E-state index >= 15 is 0 Å². The normalized spacial score (nSPS) is 11.3. The Kier molecular flexibility index (Phi) is 4.58. The van der Waals surface area contributed by atoms with E-state index in [0.717, 1.165) is 0 Å². The molecule has 5 aromatic rings. The van der Waals surface area contributed by atoms with Gasteiger partial charge in [0.1, 0.15) is 29.2 Å². The quantitative estimate of drug-likeness (QED) is 0.437. The van der Waals surface area contributed by atoms with Crippen LogP contribution in [0.4, 0.5) is 8.78 Å². The van der Waals surface area contributed by atoms with Crippen molar-refractivity contribution in [3.63, 3.8) is 0 Å². The van der Waals surface area contributed by atoms with Crippen molar-refractivity contribution in [2.45, 2.75) is 13.1 Å². The predicted octanol–water partition coefficient (Wildman–Crippen LogP) is 2.52. The Balaban J connectivity index is 1.40. The van der Waals surface area contributed by atoms with Crippen molar-refractivity contribution in [2.24, 2.45) is 0 Å². The molecule has 0 atom stereocenters. The summed E-state index contributed by atoms with van der Waals surface area (Å²) < 4.78 is 31.1. The summed E-state index contributed by atoms with van der Waals surface area (Å²) in [4.78, 5) is 12.8. The lowest BCUT2D eigenvalue weighted by molar-refractivity contribution is 0.577. The summed E-state index contributed by atoms with van der Waals surface area (Å²) in [6.45, 7) is 0.328. The molecule has 0 bridgehead atoms. The lowest BCUT2D eigenvalue weighted by Crippen LogP contribution is -2.25. The third-order valence-corrected chi connectivity index (χ3v) is 4.82. The number of fused-ring (bicyclic) bond motifs is 1. The summed E-state index contributed by atoms with van der Waals surface area (Å²) in [5.74, 6) is -0.667. The molecule has 2 aromatic carbocycles. The van der Waals surface area contributed by atoms with Gasteiger partial charge in [-0.2, -0.15) is 10.2 Å². The minimum atomic E-state index is -0.355. The molecule has 0 saturated heterocycles. The van der Waals surface area contributed by atoms with Gasteiger partial charge in [-0.15, -0.1) is 5.10 Å². The molecule has 10 heteroatoms. The number of rotatable bonds is 5. The fourth-order valence-electron chi connectivity index (χ4n) is 3.26. The number of halogens is 2. The molecule has 31 heavy (non-hydrogen) atoms. The maximum Gasteiger partial charge on any atom is 0.293 e. The van der Waals surface area contributed by atoms with E-state index in [2.05, 4.69) is 20.5 Å². The third-order valence-electron chi connectivity index (χ3n) is 4.82. The van der Waals surface area contributed by atoms with Gasteiger partial charge in [0.15, 0.2) is 0 Å². The molecule has 0 N–H and O–H groups in total. The van der Waals surface area contributed by atoms with E-state index in [9.17, 15) is 13.6 Å². The first-order valence-electron chi connectivity index (χ1n) is 9.41. The minimum absolute atomic E-state index is 0.101. The second-order valence-corrected chi connectivity index (χ2v) is 6.96. The summed E-state index contributed by atoms with van der Waals surface area (Å²) in [6, 6.07) is 13.9. The molecule has 0 radical (unpaired) electrons. The molecule has 3 heterocycles. The average Bonchev–Trinajstić information content (AvgIpc) is 3.40. The largest absolute Gasteiger partial charge is 0.293 e. The summed E-state index contributed by atoms with van der Waals surface area (Å²) in [7, 11) is 0. The SMILES string of the molecule is O=c1c2cc(-c3ccc(F)cc3)nn2cnn1Cc1cn(Cc2ccccc2F)nn1. The van der Waals surface area contributed by atoms with E-state index in [4.69, 9.17) is 0 Å². The molecule has 5 rings (SSSR count). The topological polar surface area (TPSA) is 82.9 Å². The van der Waals surface area contributed by atoms with Gasteiger partial charge < -0.3 is 0 Å². The van der Waals surface area contributed by atoms with Gasteiger partial charge >= 0.3 is 0 Å². The summed E-state index contributed by atoms with van der Waals surface area (Å²) in [5.41, 5.74) is 2.19. The Bertz CT molecular complexity index is 1440. The van der Waals surface area contributed by atoms with Crippen LogP contribution in [0.25, 0.3) is 16.8 Å². The smallest absolute Gasteiger partial charge is 0.265 e. The van der Waals surface area contributed by atoms with Crippen LogP contribution in [0.15, 0.2) is 71.9 Å². The van der Waals surface area contributed by atoms with Crippen LogP contribution >= 0.6 is 0 Å². The Morgan fingerprint density at radius 1 is 0.968 bits per heavy atom. The van der Waals surface area contributed by atoms with Gasteiger partial charge in [0, 0.05) is 11.1 Å². The first kappa shape index (κ1) is 18.8. The van der Waals surface area contributed by atoms with Gasteiger partial charge in [0.25, 0.3) is 5.56 Å². The van der Waals surface area contributed by atoms with Crippen molar-refractivity contribution < 1.29 is 8.78 Å². The van der Waals surface area contributed by atoms with Crippen LogP contribution in [-0.2, 0) is 13.1 Å². The number of nitrogens with zero attached hydrogens (tertiary/aromatic N) is 7. The molecule has 0 fully saturated rings. The molecular formula is C21H15F2N7O. The number of aromatic nitrogens is 7. The van der Waals surface area contributed by atoms with Gasteiger partial charge in [-0.25, -0.2) is 22.7 Å². The van der Waals surface area contributed by atoms with Gasteiger partial charge in [0.05, 0.1) is 25.0 Å². The highest BCUT2D eigenvalue weighted by molar-refractivity contribution is 5.65. The van der Waals surface area contributed by atoms with Gasteiger partial charge in [-0.3, -0.25) is 4.79 Å². The standard InChI is InChI=1S/C21H15F2N7O/c22-16-7-5-14(6-8-16)19-9-20-21(31)29(24-13-30(20)26-19)12-17-11-28(27-25-17)10-15-3-1-2-4-18(15)23/h1-9,11,13H,10,12H2. The zero-order valence-electron chi connectivity index (χ0n) is 16.1. The van der Waals surface area contributed by atoms with E-state index in [-0.39, 0.29) is 30.3 Å². The Hall–Kier alpha value is -4.21. The van der Waals surface area contributed by atoms with Crippen LogP contribution in [0.2, 0.25) is 0 Å². The fraction of sp³-hybridized carbons (Fsp3) is 0.0952. The van der Waals surface area contributed by atoms with Gasteiger partial charge in [-0.1, -0.05) is 23.4 Å². The van der Waals surface area contributed by atoms with Crippen LogP contribution in [-0.4, -0.2) is 34.4 Å². The maximum absolute atomic E-state index is 13.8. The molecule has 0 unspecified atom stereocenters.